The van der Waals surface area contributed by atoms with Crippen molar-refractivity contribution in [1.82, 2.24) is 0 Å². The smallest absolute Gasteiger partial charge is 0.340 e. The molecule has 0 saturated carbocycles. The van der Waals surface area contributed by atoms with Gasteiger partial charge in [0, 0.05) is 5.39 Å². The molecule has 0 bridgehead atoms. The zero-order valence-corrected chi connectivity index (χ0v) is 12.1. The second kappa shape index (κ2) is 5.79. The Labute approximate surface area is 128 Å². The first kappa shape index (κ1) is 14.6. The number of rotatable bonds is 3. The Morgan fingerprint density at radius 3 is 2.50 bits per heavy atom. The maximum absolute atomic E-state index is 12.2. The van der Waals surface area contributed by atoms with E-state index in [0.29, 0.717) is 11.3 Å². The monoisotopic (exact) mass is 299 g/mol. The van der Waals surface area contributed by atoms with Crippen molar-refractivity contribution in [3.8, 4) is 0 Å². The van der Waals surface area contributed by atoms with Crippen LogP contribution in [0.15, 0.2) is 48.6 Å². The number of anilines is 1. The van der Waals surface area contributed by atoms with E-state index in [1.54, 1.807) is 13.0 Å². The molecule has 5 heteroatoms. The second-order valence-corrected chi connectivity index (χ2v) is 5.02. The van der Waals surface area contributed by atoms with Crippen LogP contribution in [0.25, 0.3) is 10.8 Å². The number of fused-ring (bicyclic) bond motifs is 1. The first-order valence-electron chi connectivity index (χ1n) is 7.15. The molecule has 2 aromatic carbocycles. The maximum atomic E-state index is 12.2. The largest absolute Gasteiger partial charge is 0.462 e. The average Bonchev–Trinajstić information content (AvgIpc) is 2.85. The topological polar surface area (TPSA) is 70.0 Å². The zero-order chi connectivity index (χ0) is 15.7. The number of carbonyl (C=O) groups excluding carboxylic acids is 1. The zero-order valence-electron chi connectivity index (χ0n) is 12.1. The molecular weight excluding hydrogens is 282 g/mol. The summed E-state index contributed by atoms with van der Waals surface area (Å²) in [5.74, 6) is -0.477. The lowest BCUT2D eigenvalue weighted by molar-refractivity contribution is 0.0526. The highest BCUT2D eigenvalue weighted by Crippen LogP contribution is 2.35. The molecule has 5 nitrogen and oxygen atoms in total. The molecule has 1 aliphatic heterocycles. The van der Waals surface area contributed by atoms with Crippen LogP contribution in [0.1, 0.15) is 17.3 Å². The van der Waals surface area contributed by atoms with Crippen LogP contribution in [0.5, 0.6) is 0 Å². The van der Waals surface area contributed by atoms with Gasteiger partial charge in [-0.15, -0.1) is 0 Å². The van der Waals surface area contributed by atoms with Gasteiger partial charge < -0.3 is 19.8 Å². The van der Waals surface area contributed by atoms with Crippen molar-refractivity contribution in [1.29, 1.82) is 0 Å². The molecule has 2 unspecified atom stereocenters. The average molecular weight is 299 g/mol. The molecule has 0 aliphatic carbocycles. The van der Waals surface area contributed by atoms with E-state index in [0.717, 1.165) is 10.8 Å². The minimum Gasteiger partial charge on any atom is -0.462 e. The molecule has 3 rings (SSSR count). The standard InChI is InChI=1S/C17H17NO4/c1-2-22-17(21)13-8-7-11-5-3-4-6-12(11)16(13)18-14(19)9-10-15(18)20/h3-10,14-15,19-20H,2H2,1H3. The van der Waals surface area contributed by atoms with Crippen LogP contribution >= 0.6 is 0 Å². The Morgan fingerprint density at radius 1 is 1.14 bits per heavy atom. The van der Waals surface area contributed by atoms with E-state index in [4.69, 9.17) is 4.74 Å². The summed E-state index contributed by atoms with van der Waals surface area (Å²) in [5.41, 5.74) is 0.795. The third-order valence-electron chi connectivity index (χ3n) is 3.68. The van der Waals surface area contributed by atoms with Crippen molar-refractivity contribution in [2.45, 2.75) is 19.4 Å². The van der Waals surface area contributed by atoms with E-state index in [9.17, 15) is 15.0 Å². The quantitative estimate of drug-likeness (QED) is 0.670. The summed E-state index contributed by atoms with van der Waals surface area (Å²) in [6.45, 7) is 1.99. The minimum absolute atomic E-state index is 0.258. The number of nitrogens with zero attached hydrogens (tertiary/aromatic N) is 1. The number of hydrogen-bond acceptors (Lipinski definition) is 5. The van der Waals surface area contributed by atoms with Gasteiger partial charge in [-0.05, 0) is 30.5 Å². The number of aliphatic hydroxyl groups is 2. The number of hydrogen-bond donors (Lipinski definition) is 2. The van der Waals surface area contributed by atoms with Gasteiger partial charge in [-0.3, -0.25) is 0 Å². The van der Waals surface area contributed by atoms with Crippen LogP contribution in [0.4, 0.5) is 5.69 Å². The molecule has 2 aromatic rings. The fraction of sp³-hybridized carbons (Fsp3) is 0.235. The van der Waals surface area contributed by atoms with Gasteiger partial charge in [-0.25, -0.2) is 4.79 Å². The van der Waals surface area contributed by atoms with Crippen molar-refractivity contribution < 1.29 is 19.7 Å². The highest BCUT2D eigenvalue weighted by Gasteiger charge is 2.30. The fourth-order valence-electron chi connectivity index (χ4n) is 2.71. The van der Waals surface area contributed by atoms with E-state index in [-0.39, 0.29) is 6.61 Å². The Morgan fingerprint density at radius 2 is 1.82 bits per heavy atom. The SMILES string of the molecule is CCOC(=O)c1ccc2ccccc2c1N1C(O)C=CC1O. The third-order valence-corrected chi connectivity index (χ3v) is 3.68. The molecule has 22 heavy (non-hydrogen) atoms. The molecule has 0 saturated heterocycles. The summed E-state index contributed by atoms with van der Waals surface area (Å²) in [5, 5.41) is 22.0. The number of esters is 1. The molecule has 0 aromatic heterocycles. The number of benzene rings is 2. The van der Waals surface area contributed by atoms with E-state index in [1.165, 1.54) is 17.1 Å². The lowest BCUT2D eigenvalue weighted by Crippen LogP contribution is -2.38. The minimum atomic E-state index is -0.992. The van der Waals surface area contributed by atoms with Crippen LogP contribution in [-0.2, 0) is 4.74 Å². The van der Waals surface area contributed by atoms with Crippen molar-refractivity contribution in [3.05, 3.63) is 54.1 Å². The summed E-state index contributed by atoms with van der Waals surface area (Å²) in [6.07, 6.45) is 0.992. The van der Waals surface area contributed by atoms with Crippen LogP contribution in [0.2, 0.25) is 0 Å². The van der Waals surface area contributed by atoms with Gasteiger partial charge in [0.2, 0.25) is 0 Å². The van der Waals surface area contributed by atoms with Crippen LogP contribution in [-0.4, -0.2) is 35.2 Å². The summed E-state index contributed by atoms with van der Waals surface area (Å²) in [4.78, 5) is 13.6. The fourth-order valence-corrected chi connectivity index (χ4v) is 2.71. The summed E-state index contributed by atoms with van der Waals surface area (Å²) in [7, 11) is 0. The molecule has 114 valence electrons. The van der Waals surface area contributed by atoms with Gasteiger partial charge in [0.05, 0.1) is 17.9 Å². The first-order chi connectivity index (χ1) is 10.6. The van der Waals surface area contributed by atoms with Gasteiger partial charge in [-0.1, -0.05) is 30.3 Å². The molecule has 2 N–H and O–H groups in total. The van der Waals surface area contributed by atoms with Gasteiger partial charge in [-0.2, -0.15) is 0 Å². The van der Waals surface area contributed by atoms with Crippen molar-refractivity contribution in [2.24, 2.45) is 0 Å². The predicted octanol–water partition coefficient (Wildman–Crippen LogP) is 2.03. The molecule has 0 radical (unpaired) electrons. The third kappa shape index (κ3) is 2.34. The second-order valence-electron chi connectivity index (χ2n) is 5.02. The number of ether oxygens (including phenoxy) is 1. The van der Waals surface area contributed by atoms with Crippen molar-refractivity contribution in [3.63, 3.8) is 0 Å². The van der Waals surface area contributed by atoms with Crippen molar-refractivity contribution in [2.75, 3.05) is 11.5 Å². The molecule has 0 fully saturated rings. The Bertz CT molecular complexity index is 729. The van der Waals surface area contributed by atoms with E-state index < -0.39 is 18.4 Å². The molecule has 0 spiro atoms. The number of aliphatic hydroxyl groups excluding tert-OH is 2. The van der Waals surface area contributed by atoms with Gasteiger partial charge in [0.1, 0.15) is 12.5 Å². The van der Waals surface area contributed by atoms with Crippen molar-refractivity contribution >= 4 is 22.4 Å². The van der Waals surface area contributed by atoms with E-state index >= 15 is 0 Å². The van der Waals surface area contributed by atoms with Crippen LogP contribution in [0, 0.1) is 0 Å². The highest BCUT2D eigenvalue weighted by atomic mass is 16.5. The molecule has 1 aliphatic rings. The maximum Gasteiger partial charge on any atom is 0.340 e. The normalized spacial score (nSPS) is 20.6. The summed E-state index contributed by atoms with van der Waals surface area (Å²) in [6, 6.07) is 11.0. The predicted molar refractivity (Wildman–Crippen MR) is 83.5 cm³/mol. The number of carbonyl (C=O) groups is 1. The Balaban J connectivity index is 2.23. The molecule has 2 atom stereocenters. The summed E-state index contributed by atoms with van der Waals surface area (Å²) >= 11 is 0. The molecule has 0 amide bonds. The molecule has 1 heterocycles. The van der Waals surface area contributed by atoms with E-state index in [2.05, 4.69) is 0 Å². The highest BCUT2D eigenvalue weighted by molar-refractivity contribution is 6.07. The first-order valence-corrected chi connectivity index (χ1v) is 7.15. The summed E-state index contributed by atoms with van der Waals surface area (Å²) < 4.78 is 5.10. The van der Waals surface area contributed by atoms with Gasteiger partial charge in [0.15, 0.2) is 0 Å². The van der Waals surface area contributed by atoms with Gasteiger partial charge in [0.25, 0.3) is 0 Å². The Hall–Kier alpha value is -2.37. The van der Waals surface area contributed by atoms with Crippen LogP contribution in [0.3, 0.4) is 0 Å². The molecular formula is C17H17NO4. The lowest BCUT2D eigenvalue weighted by atomic mass is 10.0. The lowest BCUT2D eigenvalue weighted by Gasteiger charge is -2.29. The van der Waals surface area contributed by atoms with E-state index in [1.807, 2.05) is 30.3 Å². The Kier molecular flexibility index (Phi) is 3.83. The van der Waals surface area contributed by atoms with Gasteiger partial charge >= 0.3 is 5.97 Å². The van der Waals surface area contributed by atoms with Crippen LogP contribution < -0.4 is 4.90 Å².